The fourth-order valence-electron chi connectivity index (χ4n) is 11.7. The second-order valence-electron chi connectivity index (χ2n) is 29.6. The van der Waals surface area contributed by atoms with Crippen molar-refractivity contribution in [2.45, 2.75) is 208 Å². The highest BCUT2D eigenvalue weighted by molar-refractivity contribution is 6.94. The van der Waals surface area contributed by atoms with Gasteiger partial charge in [-0.1, -0.05) is 19.8 Å². The van der Waals surface area contributed by atoms with Crippen molar-refractivity contribution in [3.63, 3.8) is 0 Å². The standard InChI is InChI=1S/C70H114O18Si13.17H2/c1-29-31-33-34-35-36-37-38-39-40-41-42-43-44-45-46-56-72-58-59-74-61-63-76-69-54-50-67(51-55-69)70(71)66-48-52-68(53-49-66)75-62-60-73-57-47-65-90(5,6)78-92(9,10)80-94(13,14)82-96(17,18)84-98(21,22)86-100(25,26)88-101(27,28)87-99(23,24)85-97(19,20)83-95(15,16)81-93(11,12)79-91(7,8)77-89(3,4)64-32-30-2;;;;;;;;;;;;;;;;;/h1,48-55H,30,32,47,57-65H2,2-28H3;17*1H. The Bertz CT molecular complexity index is 3640. The lowest BCUT2D eigenvalue weighted by atomic mass is 10.0. The summed E-state index contributed by atoms with van der Waals surface area (Å²) in [5.41, 5.74) is 1.08. The summed E-state index contributed by atoms with van der Waals surface area (Å²) in [6.07, 6.45) is 10.6. The van der Waals surface area contributed by atoms with Crippen molar-refractivity contribution in [3.8, 4) is 119 Å². The van der Waals surface area contributed by atoms with Gasteiger partial charge in [0.15, 0.2) is 22.4 Å². The van der Waals surface area contributed by atoms with Gasteiger partial charge in [0.1, 0.15) is 37.4 Å². The zero-order valence-corrected chi connectivity index (χ0v) is 78.5. The Kier molecular flexibility index (Phi) is 38.8. The lowest BCUT2D eigenvalue weighted by Crippen LogP contribution is -2.63. The van der Waals surface area contributed by atoms with E-state index in [1.165, 1.54) is 6.42 Å². The predicted molar refractivity (Wildman–Crippen MR) is 471 cm³/mol. The predicted octanol–water partition coefficient (Wildman–Crippen LogP) is 19.0. The van der Waals surface area contributed by atoms with Gasteiger partial charge in [-0.2, -0.15) is 0 Å². The van der Waals surface area contributed by atoms with Crippen molar-refractivity contribution >= 4 is 117 Å². The zero-order chi connectivity index (χ0) is 76.6. The third-order valence-corrected chi connectivity index (χ3v) is 63.6. The van der Waals surface area contributed by atoms with Crippen LogP contribution >= 0.6 is 0 Å². The minimum absolute atomic E-state index is 0. The first-order valence-corrected chi connectivity index (χ1v) is 71.3. The van der Waals surface area contributed by atoms with Crippen LogP contribution in [0.5, 0.6) is 11.5 Å². The average Bonchev–Trinajstić information content (AvgIpc) is 0.804. The number of carbonyl (C=O) groups excluding carboxylic acids is 1. The molecule has 0 aliphatic rings. The van der Waals surface area contributed by atoms with Crippen LogP contribution in [-0.2, 0) is 63.6 Å². The molecule has 0 heterocycles. The molecule has 0 aliphatic carbocycles. The van der Waals surface area contributed by atoms with E-state index in [1.807, 2.05) is 0 Å². The molecule has 0 unspecified atom stereocenters. The second-order valence-corrected chi connectivity index (χ2v) is 78.3. The summed E-state index contributed by atoms with van der Waals surface area (Å²) in [7, 11) is -34.2. The molecular weight excluding hydrogens is 1490 g/mol. The number of hydrogen-bond acceptors (Lipinski definition) is 18. The fraction of sp³-hybridized carbons (Fsp3) is 0.557. The zero-order valence-electron chi connectivity index (χ0n) is 65.5. The van der Waals surface area contributed by atoms with E-state index < -0.39 is 111 Å². The first-order valence-electron chi connectivity index (χ1n) is 34.1. The molecule has 31 heteroatoms. The van der Waals surface area contributed by atoms with E-state index in [1.54, 1.807) is 48.5 Å². The summed E-state index contributed by atoms with van der Waals surface area (Å²) in [5, 5.41) is 0. The Morgan fingerprint density at radius 2 is 0.564 bits per heavy atom. The number of hydrogen-bond donors (Lipinski definition) is 0. The molecule has 0 aromatic heterocycles. The third kappa shape index (κ3) is 45.0. The molecule has 0 N–H and O–H groups in total. The molecule has 0 fully saturated rings. The van der Waals surface area contributed by atoms with Gasteiger partial charge < -0.3 is 73.1 Å². The van der Waals surface area contributed by atoms with Crippen molar-refractivity contribution in [2.24, 2.45) is 0 Å². The number of unbranched alkanes of at least 4 members (excludes halogenated alkanes) is 1. The quantitative estimate of drug-likeness (QED) is 0.0265. The summed E-state index contributed by atoms with van der Waals surface area (Å²) < 4.78 is 111. The number of benzene rings is 2. The molecule has 2 rings (SSSR count). The smallest absolute Gasteiger partial charge is 0.314 e. The van der Waals surface area contributed by atoms with Gasteiger partial charge in [-0.25, -0.2) is 0 Å². The number of terminal acetylenes is 1. The lowest BCUT2D eigenvalue weighted by molar-refractivity contribution is 0.0697. The summed E-state index contributed by atoms with van der Waals surface area (Å²) >= 11 is 0. The fourth-order valence-corrected chi connectivity index (χ4v) is 78.6. The minimum atomic E-state index is -2.84. The van der Waals surface area contributed by atoms with Crippen LogP contribution in [0.1, 0.15) is 66.4 Å². The molecular formula is C70H148O18Si13. The molecule has 0 atom stereocenters. The Hall–Kier alpha value is -4.19. The second kappa shape index (κ2) is 42.2. The van der Waals surface area contributed by atoms with Gasteiger partial charge in [-0.3, -0.25) is 4.79 Å². The normalized spacial score (nSPS) is 12.5. The van der Waals surface area contributed by atoms with Crippen LogP contribution in [0.2, 0.25) is 182 Å². The van der Waals surface area contributed by atoms with Gasteiger partial charge in [-0.15, -0.1) is 6.42 Å². The van der Waals surface area contributed by atoms with Crippen LogP contribution in [0.3, 0.4) is 0 Å². The molecule has 2 aromatic rings. The molecule has 18 nitrogen and oxygen atoms in total. The maximum Gasteiger partial charge on any atom is 0.314 e. The van der Waals surface area contributed by atoms with Crippen LogP contribution < -0.4 is 9.47 Å². The number of rotatable bonds is 44. The molecule has 0 radical (unpaired) electrons. The van der Waals surface area contributed by atoms with Crippen LogP contribution in [0, 0.1) is 107 Å². The average molecular weight is 1640 g/mol. The lowest BCUT2D eigenvalue weighted by Gasteiger charge is -2.45. The van der Waals surface area contributed by atoms with Crippen molar-refractivity contribution in [1.29, 1.82) is 0 Å². The first kappa shape index (κ1) is 92.9. The first-order chi connectivity index (χ1) is 46.4. The molecule has 0 spiro atoms. The maximum atomic E-state index is 13.3. The highest BCUT2D eigenvalue weighted by atomic mass is 28.5. The third-order valence-electron chi connectivity index (χ3n) is 12.8. The highest BCUT2D eigenvalue weighted by Crippen LogP contribution is 2.33. The SMILES string of the molecule is C#CC#CC#CC#CC#CC#CC#CC#CC#COCCOCCOc1ccc(C(=O)c2ccc(OCCOCCC[Si](C)(C)O[Si](C)(C)O[Si](C)(C)O[Si](C)(C)O[Si](C)(C)O[Si](C)(C)O[Si](C)(C)O[Si](C)(C)O[Si](C)(C)O[Si](C)(C)O[Si](C)(C)O[Si](C)(C)O[Si](C)(C)CCCC)cc2)cc1.[HH].[HH].[HH].[HH].[HH].[HH].[HH].[HH].[HH].[HH].[HH].[HH].[HH].[HH].[HH].[HH].[HH]. The van der Waals surface area contributed by atoms with E-state index in [0.717, 1.165) is 24.9 Å². The monoisotopic (exact) mass is 1640 g/mol. The van der Waals surface area contributed by atoms with E-state index >= 15 is 0 Å². The summed E-state index contributed by atoms with van der Waals surface area (Å²) in [6, 6.07) is 16.1. The largest absolute Gasteiger partial charge is 0.491 e. The van der Waals surface area contributed by atoms with Crippen LogP contribution in [0.4, 0.5) is 0 Å². The van der Waals surface area contributed by atoms with Gasteiger partial charge >= 0.3 is 94.2 Å². The minimum Gasteiger partial charge on any atom is -0.491 e. The van der Waals surface area contributed by atoms with Gasteiger partial charge in [-0.05, 0) is 285 Å². The summed E-state index contributed by atoms with van der Waals surface area (Å²) in [5.74, 6) is 40.8. The van der Waals surface area contributed by atoms with Crippen LogP contribution in [0.15, 0.2) is 48.5 Å². The number of ether oxygens (including phenoxy) is 5. The van der Waals surface area contributed by atoms with E-state index in [2.05, 4.69) is 278 Å². The molecule has 101 heavy (non-hydrogen) atoms. The Morgan fingerprint density at radius 3 is 0.851 bits per heavy atom. The molecule has 0 aliphatic heterocycles. The van der Waals surface area contributed by atoms with Crippen molar-refractivity contribution < 1.29 is 102 Å². The molecule has 0 saturated carbocycles. The molecule has 0 saturated heterocycles. The summed E-state index contributed by atoms with van der Waals surface area (Å²) in [6.45, 7) is 59.6. The van der Waals surface area contributed by atoms with Gasteiger partial charge in [0.25, 0.3) is 0 Å². The van der Waals surface area contributed by atoms with E-state index in [4.69, 9.17) is 79.5 Å². The van der Waals surface area contributed by atoms with Gasteiger partial charge in [0, 0.05) is 89.4 Å². The maximum absolute atomic E-state index is 13.3. The summed E-state index contributed by atoms with van der Waals surface area (Å²) in [4.78, 5) is 13.3. The van der Waals surface area contributed by atoms with Crippen molar-refractivity contribution in [1.82, 2.24) is 0 Å². The topological polar surface area (TPSA) is 174 Å². The Labute approximate surface area is 648 Å². The van der Waals surface area contributed by atoms with Crippen molar-refractivity contribution in [2.75, 3.05) is 46.2 Å². The molecule has 588 valence electrons. The van der Waals surface area contributed by atoms with E-state index in [-0.39, 0.29) is 36.6 Å². The van der Waals surface area contributed by atoms with E-state index in [9.17, 15) is 4.79 Å². The molecule has 0 amide bonds. The Balaban J connectivity index is -0.000000437. The molecule has 2 aromatic carbocycles. The van der Waals surface area contributed by atoms with Crippen LogP contribution in [-0.4, -0.2) is 163 Å². The van der Waals surface area contributed by atoms with Crippen LogP contribution in [0.25, 0.3) is 0 Å². The van der Waals surface area contributed by atoms with E-state index in [0.29, 0.717) is 62.3 Å². The number of ketones is 1. The molecule has 0 bridgehead atoms. The van der Waals surface area contributed by atoms with Crippen molar-refractivity contribution in [3.05, 3.63) is 59.7 Å². The van der Waals surface area contributed by atoms with Gasteiger partial charge in [0.05, 0.1) is 19.8 Å². The highest BCUT2D eigenvalue weighted by Gasteiger charge is 2.52. The Morgan fingerprint density at radius 1 is 0.317 bits per heavy atom. The van der Waals surface area contributed by atoms with Gasteiger partial charge in [0.2, 0.25) is 0 Å². The number of carbonyl (C=O) groups is 1.